The summed E-state index contributed by atoms with van der Waals surface area (Å²) >= 11 is 1.89. The molecular weight excluding hydrogens is 218 g/mol. The van der Waals surface area contributed by atoms with Crippen LogP contribution in [0.25, 0.3) is 0 Å². The SMILES string of the molecule is COCCCCCNC(C)c1ccc(C)s1. The normalized spacial score (nSPS) is 12.9. The Labute approximate surface area is 103 Å². The molecule has 1 aromatic heterocycles. The number of hydrogen-bond donors (Lipinski definition) is 1. The molecule has 1 unspecified atom stereocenters. The molecular formula is C13H23NOS. The summed E-state index contributed by atoms with van der Waals surface area (Å²) in [4.78, 5) is 2.83. The third-order valence-corrected chi connectivity index (χ3v) is 3.85. The van der Waals surface area contributed by atoms with Gasteiger partial charge in [0, 0.05) is 29.5 Å². The van der Waals surface area contributed by atoms with Gasteiger partial charge in [-0.1, -0.05) is 0 Å². The van der Waals surface area contributed by atoms with Crippen LogP contribution in [0.2, 0.25) is 0 Å². The maximum Gasteiger partial charge on any atom is 0.0462 e. The molecule has 0 aliphatic heterocycles. The van der Waals surface area contributed by atoms with Crippen LogP contribution >= 0.6 is 11.3 Å². The molecule has 0 saturated carbocycles. The van der Waals surface area contributed by atoms with Crippen LogP contribution in [0.15, 0.2) is 12.1 Å². The molecule has 0 bridgehead atoms. The van der Waals surface area contributed by atoms with Gasteiger partial charge < -0.3 is 10.1 Å². The molecule has 0 aliphatic rings. The molecule has 0 aromatic carbocycles. The van der Waals surface area contributed by atoms with Crippen molar-refractivity contribution < 1.29 is 4.74 Å². The molecule has 1 rings (SSSR count). The molecule has 1 aromatic rings. The van der Waals surface area contributed by atoms with E-state index in [4.69, 9.17) is 4.74 Å². The molecule has 0 radical (unpaired) electrons. The zero-order chi connectivity index (χ0) is 11.8. The van der Waals surface area contributed by atoms with Gasteiger partial charge in [0.05, 0.1) is 0 Å². The van der Waals surface area contributed by atoms with Crippen molar-refractivity contribution >= 4 is 11.3 Å². The minimum absolute atomic E-state index is 0.487. The number of unbranched alkanes of at least 4 members (excludes halogenated alkanes) is 2. The highest BCUT2D eigenvalue weighted by molar-refractivity contribution is 7.12. The molecule has 1 atom stereocenters. The van der Waals surface area contributed by atoms with E-state index in [2.05, 4.69) is 31.3 Å². The maximum atomic E-state index is 5.02. The number of methoxy groups -OCH3 is 1. The molecule has 3 heteroatoms. The van der Waals surface area contributed by atoms with Crippen LogP contribution in [-0.2, 0) is 4.74 Å². The monoisotopic (exact) mass is 241 g/mol. The van der Waals surface area contributed by atoms with Gasteiger partial charge in [-0.25, -0.2) is 0 Å². The van der Waals surface area contributed by atoms with Crippen LogP contribution in [0.1, 0.15) is 42.0 Å². The highest BCUT2D eigenvalue weighted by atomic mass is 32.1. The summed E-state index contributed by atoms with van der Waals surface area (Å²) in [6, 6.07) is 4.90. The van der Waals surface area contributed by atoms with E-state index in [9.17, 15) is 0 Å². The minimum atomic E-state index is 0.487. The van der Waals surface area contributed by atoms with Crippen LogP contribution < -0.4 is 5.32 Å². The first-order chi connectivity index (χ1) is 7.74. The Bertz CT molecular complexity index is 285. The van der Waals surface area contributed by atoms with Crippen LogP contribution in [0.3, 0.4) is 0 Å². The molecule has 2 nitrogen and oxygen atoms in total. The van der Waals surface area contributed by atoms with Crippen molar-refractivity contribution in [2.75, 3.05) is 20.3 Å². The fourth-order valence-electron chi connectivity index (χ4n) is 1.65. The highest BCUT2D eigenvalue weighted by Crippen LogP contribution is 2.22. The highest BCUT2D eigenvalue weighted by Gasteiger charge is 2.05. The third kappa shape index (κ3) is 5.10. The lowest BCUT2D eigenvalue weighted by Crippen LogP contribution is -2.19. The van der Waals surface area contributed by atoms with E-state index in [1.165, 1.54) is 29.0 Å². The predicted molar refractivity (Wildman–Crippen MR) is 71.2 cm³/mol. The van der Waals surface area contributed by atoms with Crippen molar-refractivity contribution in [3.8, 4) is 0 Å². The van der Waals surface area contributed by atoms with Gasteiger partial charge >= 0.3 is 0 Å². The third-order valence-electron chi connectivity index (χ3n) is 2.66. The van der Waals surface area contributed by atoms with Crippen molar-refractivity contribution in [3.05, 3.63) is 21.9 Å². The van der Waals surface area contributed by atoms with Gasteiger partial charge in [-0.2, -0.15) is 0 Å². The van der Waals surface area contributed by atoms with E-state index in [1.807, 2.05) is 11.3 Å². The van der Waals surface area contributed by atoms with Gasteiger partial charge in [0.15, 0.2) is 0 Å². The summed E-state index contributed by atoms with van der Waals surface area (Å²) in [7, 11) is 1.76. The number of rotatable bonds is 8. The molecule has 0 amide bonds. The van der Waals surface area contributed by atoms with Gasteiger partial charge in [0.25, 0.3) is 0 Å². The Balaban J connectivity index is 2.09. The Morgan fingerprint density at radius 3 is 2.75 bits per heavy atom. The Hall–Kier alpha value is -0.380. The standard InChI is InChI=1S/C13H23NOS/c1-11-7-8-13(16-11)12(2)14-9-5-4-6-10-15-3/h7-8,12,14H,4-6,9-10H2,1-3H3. The quantitative estimate of drug-likeness (QED) is 0.703. The molecule has 92 valence electrons. The molecule has 0 spiro atoms. The summed E-state index contributed by atoms with van der Waals surface area (Å²) < 4.78 is 5.02. The average Bonchev–Trinajstić information content (AvgIpc) is 2.70. The van der Waals surface area contributed by atoms with Crippen molar-refractivity contribution in [2.24, 2.45) is 0 Å². The molecule has 0 fully saturated rings. The van der Waals surface area contributed by atoms with E-state index in [0.717, 1.165) is 13.2 Å². The Kier molecular flexibility index (Phi) is 6.69. The van der Waals surface area contributed by atoms with Crippen molar-refractivity contribution in [2.45, 2.75) is 39.2 Å². The molecule has 1 N–H and O–H groups in total. The first-order valence-corrected chi connectivity index (χ1v) is 6.84. The van der Waals surface area contributed by atoms with Crippen LogP contribution in [0, 0.1) is 6.92 Å². The smallest absolute Gasteiger partial charge is 0.0462 e. The number of nitrogens with one attached hydrogen (secondary N) is 1. The van der Waals surface area contributed by atoms with Gasteiger partial charge in [0.2, 0.25) is 0 Å². The lowest BCUT2D eigenvalue weighted by atomic mass is 10.2. The van der Waals surface area contributed by atoms with Crippen molar-refractivity contribution in [1.29, 1.82) is 0 Å². The van der Waals surface area contributed by atoms with Crippen LogP contribution in [0.5, 0.6) is 0 Å². The number of ether oxygens (including phenoxy) is 1. The summed E-state index contributed by atoms with van der Waals surface area (Å²) in [5.74, 6) is 0. The Morgan fingerprint density at radius 2 is 2.12 bits per heavy atom. The van der Waals surface area contributed by atoms with Crippen LogP contribution in [0.4, 0.5) is 0 Å². The largest absolute Gasteiger partial charge is 0.385 e. The Morgan fingerprint density at radius 1 is 1.31 bits per heavy atom. The number of thiophene rings is 1. The van der Waals surface area contributed by atoms with E-state index >= 15 is 0 Å². The van der Waals surface area contributed by atoms with Gasteiger partial charge in [-0.3, -0.25) is 0 Å². The zero-order valence-electron chi connectivity index (χ0n) is 10.6. The summed E-state index contributed by atoms with van der Waals surface area (Å²) in [5, 5.41) is 3.56. The molecule has 1 heterocycles. The summed E-state index contributed by atoms with van der Waals surface area (Å²) in [5.41, 5.74) is 0. The molecule has 0 saturated heterocycles. The van der Waals surface area contributed by atoms with Gasteiger partial charge in [0.1, 0.15) is 0 Å². The van der Waals surface area contributed by atoms with Crippen molar-refractivity contribution in [3.63, 3.8) is 0 Å². The zero-order valence-corrected chi connectivity index (χ0v) is 11.4. The van der Waals surface area contributed by atoms with E-state index < -0.39 is 0 Å². The van der Waals surface area contributed by atoms with Crippen molar-refractivity contribution in [1.82, 2.24) is 5.32 Å². The fourth-order valence-corrected chi connectivity index (χ4v) is 2.56. The lowest BCUT2D eigenvalue weighted by molar-refractivity contribution is 0.192. The lowest BCUT2D eigenvalue weighted by Gasteiger charge is -2.11. The number of aryl methyl sites for hydroxylation is 1. The first-order valence-electron chi connectivity index (χ1n) is 6.02. The second-order valence-corrected chi connectivity index (χ2v) is 5.50. The van der Waals surface area contributed by atoms with Gasteiger partial charge in [-0.15, -0.1) is 11.3 Å². The second-order valence-electron chi connectivity index (χ2n) is 4.18. The number of hydrogen-bond acceptors (Lipinski definition) is 3. The van der Waals surface area contributed by atoms with E-state index in [0.29, 0.717) is 6.04 Å². The summed E-state index contributed by atoms with van der Waals surface area (Å²) in [6.45, 7) is 6.38. The molecule has 0 aliphatic carbocycles. The maximum absolute atomic E-state index is 5.02. The second kappa shape index (κ2) is 7.82. The first kappa shape index (κ1) is 13.7. The van der Waals surface area contributed by atoms with E-state index in [-0.39, 0.29) is 0 Å². The van der Waals surface area contributed by atoms with Gasteiger partial charge in [-0.05, 0) is 51.8 Å². The topological polar surface area (TPSA) is 21.3 Å². The minimum Gasteiger partial charge on any atom is -0.385 e. The van der Waals surface area contributed by atoms with E-state index in [1.54, 1.807) is 7.11 Å². The summed E-state index contributed by atoms with van der Waals surface area (Å²) in [6.07, 6.45) is 3.65. The average molecular weight is 241 g/mol. The predicted octanol–water partition coefficient (Wildman–Crippen LogP) is 3.52. The molecule has 16 heavy (non-hydrogen) atoms. The fraction of sp³-hybridized carbons (Fsp3) is 0.692. The van der Waals surface area contributed by atoms with Crippen LogP contribution in [-0.4, -0.2) is 20.3 Å².